The van der Waals surface area contributed by atoms with Crippen LogP contribution in [0.25, 0.3) is 0 Å². The summed E-state index contributed by atoms with van der Waals surface area (Å²) in [5, 5.41) is 12.8. The van der Waals surface area contributed by atoms with E-state index < -0.39 is 17.1 Å². The second kappa shape index (κ2) is 9.04. The molecule has 0 aromatic carbocycles. The van der Waals surface area contributed by atoms with Crippen molar-refractivity contribution in [2.45, 2.75) is 99.2 Å². The maximum atomic E-state index is 14.6. The number of ether oxygens (including phenoxy) is 1. The zero-order valence-corrected chi connectivity index (χ0v) is 23.2. The topological polar surface area (TPSA) is 66.8 Å². The highest BCUT2D eigenvalue weighted by Gasteiger charge is 2.71. The zero-order valence-electron chi connectivity index (χ0n) is 23.2. The summed E-state index contributed by atoms with van der Waals surface area (Å²) in [5.74, 6) is 0.118. The van der Waals surface area contributed by atoms with Gasteiger partial charge >= 0.3 is 6.09 Å². The molecule has 35 heavy (non-hydrogen) atoms. The molecule has 0 aromatic heterocycles. The Morgan fingerprint density at radius 3 is 2.23 bits per heavy atom. The third-order valence-corrected chi connectivity index (χ3v) is 10.5. The molecule has 0 radical (unpaired) electrons. The molecule has 1 saturated carbocycles. The molecule has 0 unspecified atom stereocenters. The van der Waals surface area contributed by atoms with Crippen LogP contribution in [0.15, 0.2) is 23.3 Å². The van der Waals surface area contributed by atoms with Gasteiger partial charge in [0.25, 0.3) is 0 Å². The van der Waals surface area contributed by atoms with Gasteiger partial charge in [0.1, 0.15) is 5.60 Å². The minimum absolute atomic E-state index is 0.0928. The maximum Gasteiger partial charge on any atom is 0.410 e. The van der Waals surface area contributed by atoms with Crippen LogP contribution in [0.2, 0.25) is 0 Å². The Hall–Kier alpha value is -1.62. The van der Waals surface area contributed by atoms with E-state index in [9.17, 15) is 14.7 Å². The summed E-state index contributed by atoms with van der Waals surface area (Å²) in [6.07, 6.45) is 7.92. The van der Waals surface area contributed by atoms with E-state index >= 15 is 0 Å². The second-order valence-corrected chi connectivity index (χ2v) is 12.7. The second-order valence-electron chi connectivity index (χ2n) is 12.7. The molecule has 7 atom stereocenters. The van der Waals surface area contributed by atoms with Crippen molar-refractivity contribution in [2.24, 2.45) is 40.4 Å². The van der Waals surface area contributed by atoms with Crippen LogP contribution in [0.1, 0.15) is 87.5 Å². The molecule has 3 aliphatic carbocycles. The fourth-order valence-electron chi connectivity index (χ4n) is 7.91. The normalized spacial score (nSPS) is 41.0. The molecule has 0 spiro atoms. The van der Waals surface area contributed by atoms with Crippen molar-refractivity contribution in [3.05, 3.63) is 23.3 Å². The molecular formula is C30H47NO4. The summed E-state index contributed by atoms with van der Waals surface area (Å²) in [5.41, 5.74) is -0.624. The molecule has 4 rings (SSSR count). The molecule has 0 aromatic rings. The summed E-state index contributed by atoms with van der Waals surface area (Å²) in [6, 6.07) is 0. The molecule has 1 saturated heterocycles. The molecule has 0 bridgehead atoms. The van der Waals surface area contributed by atoms with Gasteiger partial charge in [0, 0.05) is 24.9 Å². The Balaban J connectivity index is 1.78. The average molecular weight is 486 g/mol. The third-order valence-electron chi connectivity index (χ3n) is 10.5. The van der Waals surface area contributed by atoms with Gasteiger partial charge in [0.15, 0.2) is 11.9 Å². The van der Waals surface area contributed by atoms with Gasteiger partial charge in [0.2, 0.25) is 0 Å². The van der Waals surface area contributed by atoms with Crippen LogP contribution in [-0.4, -0.2) is 46.7 Å². The molecule has 1 amide bonds. The third kappa shape index (κ3) is 3.74. The number of amides is 1. The van der Waals surface area contributed by atoms with Gasteiger partial charge in [-0.25, -0.2) is 4.79 Å². The van der Waals surface area contributed by atoms with E-state index in [1.165, 1.54) is 0 Å². The highest BCUT2D eigenvalue weighted by atomic mass is 16.6. The predicted molar refractivity (Wildman–Crippen MR) is 139 cm³/mol. The first-order valence-corrected chi connectivity index (χ1v) is 14.0. The van der Waals surface area contributed by atoms with Gasteiger partial charge in [-0.2, -0.15) is 0 Å². The van der Waals surface area contributed by atoms with Crippen molar-refractivity contribution in [1.82, 2.24) is 4.90 Å². The van der Waals surface area contributed by atoms with Crippen molar-refractivity contribution in [2.75, 3.05) is 13.1 Å². The SMILES string of the molecule is CCC1=C[C@@H]([C@H]2[C@@H](C)C2(C)C)C(=O)[C@@]2(C(C)C)C=C(C)[C@H](OC(=O)N3CCCCCC3)[C@@]2(O)[C@@H]1C. The molecular weight excluding hydrogens is 438 g/mol. The number of nitrogens with zero attached hydrogens (tertiary/aromatic N) is 1. The fourth-order valence-corrected chi connectivity index (χ4v) is 7.91. The maximum absolute atomic E-state index is 14.6. The van der Waals surface area contributed by atoms with E-state index in [0.29, 0.717) is 19.0 Å². The van der Waals surface area contributed by atoms with Gasteiger partial charge in [-0.05, 0) is 54.9 Å². The average Bonchev–Trinajstić information content (AvgIpc) is 3.36. The van der Waals surface area contributed by atoms with E-state index in [-0.39, 0.29) is 41.0 Å². The Bertz CT molecular complexity index is 925. The molecule has 4 aliphatic rings. The van der Waals surface area contributed by atoms with E-state index in [2.05, 4.69) is 33.8 Å². The zero-order chi connectivity index (χ0) is 25.9. The number of Topliss-reactive ketones (excluding diaryl/α,β-unsaturated/α-hetero) is 1. The van der Waals surface area contributed by atoms with E-state index in [1.54, 1.807) is 4.90 Å². The largest absolute Gasteiger partial charge is 0.438 e. The lowest BCUT2D eigenvalue weighted by molar-refractivity contribution is -0.174. The van der Waals surface area contributed by atoms with Crippen LogP contribution in [0, 0.1) is 40.4 Å². The Morgan fingerprint density at radius 2 is 1.74 bits per heavy atom. The molecule has 5 nitrogen and oxygen atoms in total. The van der Waals surface area contributed by atoms with Crippen LogP contribution >= 0.6 is 0 Å². The molecule has 1 heterocycles. The van der Waals surface area contributed by atoms with Crippen LogP contribution < -0.4 is 0 Å². The monoisotopic (exact) mass is 485 g/mol. The van der Waals surface area contributed by atoms with Crippen molar-refractivity contribution in [3.63, 3.8) is 0 Å². The van der Waals surface area contributed by atoms with Crippen LogP contribution in [0.4, 0.5) is 4.79 Å². The molecule has 5 heteroatoms. The first kappa shape index (κ1) is 26.4. The summed E-state index contributed by atoms with van der Waals surface area (Å²) < 4.78 is 6.20. The molecule has 2 fully saturated rings. The number of ketones is 1. The number of allylic oxidation sites excluding steroid dienone is 1. The fraction of sp³-hybridized carbons (Fsp3) is 0.800. The first-order valence-electron chi connectivity index (χ1n) is 14.0. The Kier molecular flexibility index (Phi) is 6.83. The number of aliphatic hydroxyl groups is 1. The van der Waals surface area contributed by atoms with Crippen LogP contribution in [0.3, 0.4) is 0 Å². The number of carbonyl (C=O) groups excluding carboxylic acids is 2. The van der Waals surface area contributed by atoms with E-state index in [1.807, 2.05) is 33.8 Å². The predicted octanol–water partition coefficient (Wildman–Crippen LogP) is 6.16. The molecule has 1 aliphatic heterocycles. The van der Waals surface area contributed by atoms with Gasteiger partial charge < -0.3 is 14.7 Å². The standard InChI is InChI=1S/C30H47NO4/c1-9-22-16-23(24-21(6)28(24,7)8)25(32)29(18(2)3)17-19(4)26(30(29,34)20(22)5)35-27(33)31-14-12-10-11-13-15-31/h16-18,20-21,23-24,26,34H,9-15H2,1-8H3/t20-,21-,23+,24-,26+,29+,30+/m1/s1. The van der Waals surface area contributed by atoms with Crippen molar-refractivity contribution in [3.8, 4) is 0 Å². The van der Waals surface area contributed by atoms with Gasteiger partial charge in [0.05, 0.1) is 5.41 Å². The Morgan fingerprint density at radius 1 is 1.17 bits per heavy atom. The minimum atomic E-state index is -1.51. The minimum Gasteiger partial charge on any atom is -0.438 e. The lowest BCUT2D eigenvalue weighted by atomic mass is 9.58. The van der Waals surface area contributed by atoms with Crippen LogP contribution in [-0.2, 0) is 9.53 Å². The van der Waals surface area contributed by atoms with Crippen molar-refractivity contribution < 1.29 is 19.4 Å². The number of hydrogen-bond donors (Lipinski definition) is 1. The molecule has 196 valence electrons. The highest BCUT2D eigenvalue weighted by Crippen LogP contribution is 2.66. The summed E-state index contributed by atoms with van der Waals surface area (Å²) in [7, 11) is 0. The number of hydrogen-bond acceptors (Lipinski definition) is 4. The first-order chi connectivity index (χ1) is 16.4. The Labute approximate surface area is 212 Å². The van der Waals surface area contributed by atoms with Crippen molar-refractivity contribution in [1.29, 1.82) is 0 Å². The highest BCUT2D eigenvalue weighted by molar-refractivity contribution is 5.94. The van der Waals surface area contributed by atoms with E-state index in [4.69, 9.17) is 4.74 Å². The number of fused-ring (bicyclic) bond motifs is 1. The number of carbonyl (C=O) groups is 2. The quantitative estimate of drug-likeness (QED) is 0.484. The number of likely N-dealkylation sites (tertiary alicyclic amines) is 1. The smallest absolute Gasteiger partial charge is 0.410 e. The lowest BCUT2D eigenvalue weighted by Crippen LogP contribution is -2.63. The lowest BCUT2D eigenvalue weighted by Gasteiger charge is -2.49. The number of rotatable bonds is 4. The van der Waals surface area contributed by atoms with Crippen molar-refractivity contribution >= 4 is 11.9 Å². The molecule has 1 N–H and O–H groups in total. The van der Waals surface area contributed by atoms with Crippen LogP contribution in [0.5, 0.6) is 0 Å². The van der Waals surface area contributed by atoms with E-state index in [0.717, 1.165) is 43.3 Å². The van der Waals surface area contributed by atoms with Gasteiger partial charge in [-0.1, -0.05) is 79.0 Å². The summed E-state index contributed by atoms with van der Waals surface area (Å²) >= 11 is 0. The van der Waals surface area contributed by atoms with Gasteiger partial charge in [-0.3, -0.25) is 4.79 Å². The van der Waals surface area contributed by atoms with Gasteiger partial charge in [-0.15, -0.1) is 0 Å². The summed E-state index contributed by atoms with van der Waals surface area (Å²) in [4.78, 5) is 29.8. The summed E-state index contributed by atoms with van der Waals surface area (Å²) in [6.45, 7) is 18.2.